The molecule has 0 atom stereocenters. The fourth-order valence-corrected chi connectivity index (χ4v) is 4.05. The quantitative estimate of drug-likeness (QED) is 0.328. The van der Waals surface area contributed by atoms with Gasteiger partial charge in [-0.15, -0.1) is 10.2 Å². The van der Waals surface area contributed by atoms with Crippen LogP contribution in [-0.2, 0) is 12.3 Å². The summed E-state index contributed by atoms with van der Waals surface area (Å²) in [5.74, 6) is 2.80. The number of pyridine rings is 1. The zero-order chi connectivity index (χ0) is 20.9. The summed E-state index contributed by atoms with van der Waals surface area (Å²) in [5, 5.41) is 9.73. The highest BCUT2D eigenvalue weighted by molar-refractivity contribution is 7.98. The number of thioether (sulfide) groups is 1. The first-order valence-corrected chi connectivity index (χ1v) is 10.9. The molecule has 0 aliphatic carbocycles. The number of hydrogen-bond donors (Lipinski definition) is 0. The van der Waals surface area contributed by atoms with Crippen molar-refractivity contribution < 1.29 is 4.42 Å². The van der Waals surface area contributed by atoms with E-state index in [1.54, 1.807) is 30.4 Å². The molecule has 0 N–H and O–H groups in total. The van der Waals surface area contributed by atoms with Crippen LogP contribution in [0.25, 0.3) is 22.7 Å². The second-order valence-corrected chi connectivity index (χ2v) is 7.83. The Bertz CT molecular complexity index is 1250. The summed E-state index contributed by atoms with van der Waals surface area (Å²) in [6, 6.07) is 24.2. The lowest BCUT2D eigenvalue weighted by Crippen LogP contribution is -2.04. The summed E-state index contributed by atoms with van der Waals surface area (Å²) in [4.78, 5) is 8.54. The van der Waals surface area contributed by atoms with Crippen molar-refractivity contribution in [2.45, 2.75) is 17.5 Å². The van der Waals surface area contributed by atoms with Crippen LogP contribution in [0.4, 0.5) is 0 Å². The Hall–Kier alpha value is -3.71. The van der Waals surface area contributed by atoms with Crippen molar-refractivity contribution in [2.24, 2.45) is 0 Å². The van der Waals surface area contributed by atoms with Gasteiger partial charge in [0.25, 0.3) is 0 Å². The van der Waals surface area contributed by atoms with Crippen molar-refractivity contribution in [3.05, 3.63) is 103 Å². The van der Waals surface area contributed by atoms with Crippen LogP contribution in [-0.4, -0.2) is 24.7 Å². The first-order chi connectivity index (χ1) is 15.4. The van der Waals surface area contributed by atoms with E-state index >= 15 is 0 Å². The van der Waals surface area contributed by atoms with Crippen LogP contribution in [0.5, 0.6) is 0 Å². The van der Waals surface area contributed by atoms with Gasteiger partial charge in [0, 0.05) is 23.5 Å². The predicted octanol–water partition coefficient (Wildman–Crippen LogP) is 5.34. The highest BCUT2D eigenvalue weighted by Gasteiger charge is 2.16. The Morgan fingerprint density at radius 1 is 0.806 bits per heavy atom. The maximum atomic E-state index is 5.94. The third-order valence-corrected chi connectivity index (χ3v) is 5.73. The van der Waals surface area contributed by atoms with Crippen molar-refractivity contribution in [3.63, 3.8) is 0 Å². The van der Waals surface area contributed by atoms with Gasteiger partial charge in [0.05, 0.1) is 18.5 Å². The van der Waals surface area contributed by atoms with Gasteiger partial charge in [-0.05, 0) is 17.7 Å². The average molecular weight is 426 g/mol. The molecule has 6 nitrogen and oxygen atoms in total. The van der Waals surface area contributed by atoms with E-state index in [0.29, 0.717) is 18.2 Å². The van der Waals surface area contributed by atoms with E-state index in [2.05, 4.69) is 36.9 Å². The van der Waals surface area contributed by atoms with Gasteiger partial charge < -0.3 is 4.42 Å². The van der Waals surface area contributed by atoms with Gasteiger partial charge in [-0.3, -0.25) is 9.55 Å². The third kappa shape index (κ3) is 4.41. The predicted molar refractivity (Wildman–Crippen MR) is 120 cm³/mol. The summed E-state index contributed by atoms with van der Waals surface area (Å²) in [6.45, 7) is 0.675. The van der Waals surface area contributed by atoms with Gasteiger partial charge >= 0.3 is 0 Å². The minimum absolute atomic E-state index is 0.566. The summed E-state index contributed by atoms with van der Waals surface area (Å²) in [5.41, 5.74) is 3.17. The number of hydrogen-bond acceptors (Lipinski definition) is 6. The molecule has 0 saturated carbocycles. The van der Waals surface area contributed by atoms with Gasteiger partial charge in [0.15, 0.2) is 16.7 Å². The molecule has 5 rings (SSSR count). The normalized spacial score (nSPS) is 11.0. The molecule has 0 aliphatic heterocycles. The first kappa shape index (κ1) is 19.3. The fraction of sp³-hybridized carbons (Fsp3) is 0.0833. The molecule has 5 aromatic rings. The van der Waals surface area contributed by atoms with Crippen LogP contribution in [0.2, 0.25) is 0 Å². The number of aromatic nitrogens is 5. The Morgan fingerprint density at radius 3 is 2.32 bits per heavy atom. The molecule has 31 heavy (non-hydrogen) atoms. The smallest absolute Gasteiger partial charge is 0.205 e. The fourth-order valence-electron chi connectivity index (χ4n) is 3.26. The monoisotopic (exact) mass is 425 g/mol. The van der Waals surface area contributed by atoms with E-state index in [1.165, 1.54) is 5.56 Å². The molecule has 7 heteroatoms. The van der Waals surface area contributed by atoms with E-state index in [-0.39, 0.29) is 0 Å². The molecule has 152 valence electrons. The van der Waals surface area contributed by atoms with Crippen LogP contribution in [0.3, 0.4) is 0 Å². The van der Waals surface area contributed by atoms with Crippen LogP contribution < -0.4 is 0 Å². The molecular weight excluding hydrogens is 406 g/mol. The minimum Gasteiger partial charge on any atom is -0.440 e. The van der Waals surface area contributed by atoms with Crippen LogP contribution in [0.15, 0.2) is 101 Å². The van der Waals surface area contributed by atoms with Gasteiger partial charge in [-0.2, -0.15) is 0 Å². The number of rotatable bonds is 7. The molecule has 0 fully saturated rings. The second kappa shape index (κ2) is 8.97. The highest BCUT2D eigenvalue weighted by Crippen LogP contribution is 2.28. The van der Waals surface area contributed by atoms with Crippen molar-refractivity contribution in [1.29, 1.82) is 0 Å². The number of benzene rings is 2. The molecule has 0 unspecified atom stereocenters. The van der Waals surface area contributed by atoms with E-state index in [9.17, 15) is 0 Å². The van der Waals surface area contributed by atoms with Crippen LogP contribution in [0, 0.1) is 0 Å². The van der Waals surface area contributed by atoms with Crippen LogP contribution in [0.1, 0.15) is 11.5 Å². The van der Waals surface area contributed by atoms with Gasteiger partial charge in [-0.1, -0.05) is 72.4 Å². The number of oxazole rings is 1. The molecule has 2 aromatic carbocycles. The zero-order valence-electron chi connectivity index (χ0n) is 16.6. The Balaban J connectivity index is 1.40. The molecule has 0 radical (unpaired) electrons. The van der Waals surface area contributed by atoms with Crippen molar-refractivity contribution in [2.75, 3.05) is 0 Å². The van der Waals surface area contributed by atoms with Crippen molar-refractivity contribution in [1.82, 2.24) is 24.7 Å². The third-order valence-electron chi connectivity index (χ3n) is 4.78. The first-order valence-electron chi connectivity index (χ1n) is 9.87. The highest BCUT2D eigenvalue weighted by atomic mass is 32.2. The number of nitrogens with zero attached hydrogens (tertiary/aromatic N) is 5. The topological polar surface area (TPSA) is 69.6 Å². The largest absolute Gasteiger partial charge is 0.440 e. The summed E-state index contributed by atoms with van der Waals surface area (Å²) < 4.78 is 8.06. The van der Waals surface area contributed by atoms with Gasteiger partial charge in [0.2, 0.25) is 5.89 Å². The van der Waals surface area contributed by atoms with Gasteiger partial charge in [0.1, 0.15) is 0 Å². The maximum Gasteiger partial charge on any atom is 0.205 e. The second-order valence-electron chi connectivity index (χ2n) is 6.89. The molecule has 0 bridgehead atoms. The molecule has 3 heterocycles. The molecule has 0 spiro atoms. The van der Waals surface area contributed by atoms with E-state index in [4.69, 9.17) is 4.42 Å². The molecule has 0 amide bonds. The standard InChI is InChI=1S/C24H19N5OS/c1-3-7-18(8-4-1)16-29-23(20-11-13-25-14-12-20)27-28-24(29)31-17-22-26-15-21(30-22)19-9-5-2-6-10-19/h1-15H,16-17H2. The van der Waals surface area contributed by atoms with Crippen molar-refractivity contribution in [3.8, 4) is 22.7 Å². The van der Waals surface area contributed by atoms with E-state index in [1.807, 2.05) is 60.7 Å². The Morgan fingerprint density at radius 2 is 1.55 bits per heavy atom. The minimum atomic E-state index is 0.566. The maximum absolute atomic E-state index is 5.94. The lowest BCUT2D eigenvalue weighted by atomic mass is 10.2. The molecular formula is C24H19N5OS. The summed E-state index contributed by atoms with van der Waals surface area (Å²) in [6.07, 6.45) is 5.30. The Labute approximate surface area is 184 Å². The van der Waals surface area contributed by atoms with Crippen LogP contribution >= 0.6 is 11.8 Å². The molecule has 0 aliphatic rings. The van der Waals surface area contributed by atoms with Crippen molar-refractivity contribution >= 4 is 11.8 Å². The SMILES string of the molecule is c1ccc(Cn2c(SCc3ncc(-c4ccccc4)o3)nnc2-c2ccncc2)cc1. The van der Waals surface area contributed by atoms with Gasteiger partial charge in [-0.25, -0.2) is 4.98 Å². The molecule has 3 aromatic heterocycles. The van der Waals surface area contributed by atoms with E-state index in [0.717, 1.165) is 27.9 Å². The lowest BCUT2D eigenvalue weighted by Gasteiger charge is -2.10. The van der Waals surface area contributed by atoms with E-state index < -0.39 is 0 Å². The summed E-state index contributed by atoms with van der Waals surface area (Å²) >= 11 is 1.56. The lowest BCUT2D eigenvalue weighted by molar-refractivity contribution is 0.529. The average Bonchev–Trinajstić information content (AvgIpc) is 3.47. The summed E-state index contributed by atoms with van der Waals surface area (Å²) in [7, 11) is 0. The Kier molecular flexibility index (Phi) is 5.58. The molecule has 0 saturated heterocycles. The zero-order valence-corrected chi connectivity index (χ0v) is 17.4.